The van der Waals surface area contributed by atoms with E-state index in [4.69, 9.17) is 9.47 Å². The van der Waals surface area contributed by atoms with E-state index in [-0.39, 0.29) is 17.4 Å². The molecule has 0 aliphatic carbocycles. The van der Waals surface area contributed by atoms with Gasteiger partial charge in [0.15, 0.2) is 5.01 Å². The zero-order valence-electron chi connectivity index (χ0n) is 11.4. The summed E-state index contributed by atoms with van der Waals surface area (Å²) in [6.07, 6.45) is 0. The van der Waals surface area contributed by atoms with Crippen LogP contribution in [0.3, 0.4) is 0 Å². The lowest BCUT2D eigenvalue weighted by Gasteiger charge is -2.04. The molecular weight excluding hydrogens is 300 g/mol. The molecule has 2 rings (SSSR count). The monoisotopic (exact) mass is 313 g/mol. The number of benzene rings is 1. The average Bonchev–Trinajstić information content (AvgIpc) is 2.84. The number of ether oxygens (including phenoxy) is 2. The number of thiazole rings is 1. The highest BCUT2D eigenvalue weighted by Gasteiger charge is 2.33. The molecule has 0 radical (unpaired) electrons. The minimum atomic E-state index is -3.15. The molecule has 0 unspecified atom stereocenters. The standard InChI is InChI=1S/C14H13F2NO3S/c1-3-19-11(18)10-12(20-9-7-5-4-6-8-9)21-13(17-10)14(2,15)16/h4-8H,3H2,1-2H3. The summed E-state index contributed by atoms with van der Waals surface area (Å²) in [6, 6.07) is 8.56. The number of hydrogen-bond acceptors (Lipinski definition) is 5. The Balaban J connectivity index is 2.37. The van der Waals surface area contributed by atoms with Crippen LogP contribution >= 0.6 is 11.3 Å². The lowest BCUT2D eigenvalue weighted by Crippen LogP contribution is -2.10. The number of rotatable bonds is 5. The predicted molar refractivity (Wildman–Crippen MR) is 74.2 cm³/mol. The topological polar surface area (TPSA) is 48.4 Å². The molecule has 0 saturated carbocycles. The summed E-state index contributed by atoms with van der Waals surface area (Å²) in [5.74, 6) is -3.50. The first kappa shape index (κ1) is 15.4. The van der Waals surface area contributed by atoms with Crippen molar-refractivity contribution in [3.63, 3.8) is 0 Å². The average molecular weight is 313 g/mol. The van der Waals surface area contributed by atoms with Crippen LogP contribution in [0.4, 0.5) is 8.78 Å². The normalized spacial score (nSPS) is 11.2. The molecule has 1 aromatic heterocycles. The Kier molecular flexibility index (Phi) is 4.52. The summed E-state index contributed by atoms with van der Waals surface area (Å²) >= 11 is 0.631. The number of esters is 1. The van der Waals surface area contributed by atoms with Crippen molar-refractivity contribution in [2.45, 2.75) is 19.8 Å². The Labute approximate surface area is 124 Å². The van der Waals surface area contributed by atoms with E-state index in [0.717, 1.165) is 0 Å². The maximum absolute atomic E-state index is 13.4. The summed E-state index contributed by atoms with van der Waals surface area (Å²) in [7, 11) is 0. The lowest BCUT2D eigenvalue weighted by atomic mass is 10.3. The Morgan fingerprint density at radius 3 is 2.57 bits per heavy atom. The highest BCUT2D eigenvalue weighted by Crippen LogP contribution is 2.39. The molecule has 0 bridgehead atoms. The number of nitrogens with zero attached hydrogens (tertiary/aromatic N) is 1. The largest absolute Gasteiger partial charge is 0.461 e. The van der Waals surface area contributed by atoms with E-state index in [2.05, 4.69) is 4.98 Å². The third-order valence-electron chi connectivity index (χ3n) is 2.39. The van der Waals surface area contributed by atoms with Gasteiger partial charge in [-0.25, -0.2) is 9.78 Å². The molecular formula is C14H13F2NO3S. The van der Waals surface area contributed by atoms with Gasteiger partial charge in [0.1, 0.15) is 5.75 Å². The number of hydrogen-bond donors (Lipinski definition) is 0. The highest BCUT2D eigenvalue weighted by atomic mass is 32.1. The quantitative estimate of drug-likeness (QED) is 0.775. The first-order chi connectivity index (χ1) is 9.91. The summed E-state index contributed by atoms with van der Waals surface area (Å²) in [5, 5.41) is -0.493. The van der Waals surface area contributed by atoms with Crippen LogP contribution in [0.25, 0.3) is 0 Å². The van der Waals surface area contributed by atoms with Crippen molar-refractivity contribution in [3.05, 3.63) is 41.0 Å². The predicted octanol–water partition coefficient (Wildman–Crippen LogP) is 4.22. The molecule has 0 aliphatic rings. The van der Waals surface area contributed by atoms with Crippen LogP contribution in [-0.4, -0.2) is 17.6 Å². The molecule has 0 fully saturated rings. The van der Waals surface area contributed by atoms with E-state index in [0.29, 0.717) is 24.0 Å². The third-order valence-corrected chi connectivity index (χ3v) is 3.50. The summed E-state index contributed by atoms with van der Waals surface area (Å²) < 4.78 is 37.0. The Bertz CT molecular complexity index is 623. The number of carbonyl (C=O) groups excluding carboxylic acids is 1. The van der Waals surface area contributed by atoms with E-state index < -0.39 is 16.9 Å². The Morgan fingerprint density at radius 2 is 2.00 bits per heavy atom. The second-order valence-corrected chi connectivity index (χ2v) is 5.14. The fraction of sp³-hybridized carbons (Fsp3) is 0.286. The molecule has 0 saturated heterocycles. The SMILES string of the molecule is CCOC(=O)c1nc(C(C)(F)F)sc1Oc1ccccc1. The zero-order valence-corrected chi connectivity index (χ0v) is 12.2. The zero-order chi connectivity index (χ0) is 15.5. The van der Waals surface area contributed by atoms with Gasteiger partial charge in [-0.3, -0.25) is 0 Å². The van der Waals surface area contributed by atoms with Crippen LogP contribution in [-0.2, 0) is 10.7 Å². The van der Waals surface area contributed by atoms with E-state index in [1.807, 2.05) is 0 Å². The van der Waals surface area contributed by atoms with Crippen LogP contribution in [0.1, 0.15) is 29.3 Å². The molecule has 112 valence electrons. The first-order valence-electron chi connectivity index (χ1n) is 6.21. The second-order valence-electron chi connectivity index (χ2n) is 4.18. The minimum absolute atomic E-state index is 0.00354. The molecule has 0 amide bonds. The van der Waals surface area contributed by atoms with Crippen LogP contribution in [0.15, 0.2) is 30.3 Å². The van der Waals surface area contributed by atoms with Gasteiger partial charge in [-0.2, -0.15) is 8.78 Å². The molecule has 0 N–H and O–H groups in total. The fourth-order valence-corrected chi connectivity index (χ4v) is 2.34. The maximum Gasteiger partial charge on any atom is 0.361 e. The molecule has 0 atom stereocenters. The Morgan fingerprint density at radius 1 is 1.33 bits per heavy atom. The second kappa shape index (κ2) is 6.17. The van der Waals surface area contributed by atoms with Gasteiger partial charge in [0.2, 0.25) is 10.8 Å². The van der Waals surface area contributed by atoms with Crippen molar-refractivity contribution in [1.29, 1.82) is 0 Å². The number of alkyl halides is 2. The van der Waals surface area contributed by atoms with E-state index in [1.165, 1.54) is 0 Å². The molecule has 0 aliphatic heterocycles. The van der Waals surface area contributed by atoms with E-state index in [9.17, 15) is 13.6 Å². The van der Waals surface area contributed by atoms with Gasteiger partial charge in [0.25, 0.3) is 5.92 Å². The summed E-state index contributed by atoms with van der Waals surface area (Å²) in [4.78, 5) is 15.5. The van der Waals surface area contributed by atoms with Crippen molar-refractivity contribution < 1.29 is 23.0 Å². The number of carbonyl (C=O) groups is 1. The van der Waals surface area contributed by atoms with Crippen molar-refractivity contribution in [2.75, 3.05) is 6.61 Å². The smallest absolute Gasteiger partial charge is 0.361 e. The number of para-hydroxylation sites is 1. The lowest BCUT2D eigenvalue weighted by molar-refractivity contribution is 0.0169. The van der Waals surface area contributed by atoms with Gasteiger partial charge in [0.05, 0.1) is 6.61 Å². The summed E-state index contributed by atoms with van der Waals surface area (Å²) in [5.41, 5.74) is -0.234. The molecule has 2 aromatic rings. The molecule has 7 heteroatoms. The van der Waals surface area contributed by atoms with Crippen LogP contribution in [0, 0.1) is 0 Å². The molecule has 4 nitrogen and oxygen atoms in total. The van der Waals surface area contributed by atoms with Gasteiger partial charge in [0, 0.05) is 6.92 Å². The summed E-state index contributed by atoms with van der Waals surface area (Å²) in [6.45, 7) is 2.46. The van der Waals surface area contributed by atoms with Gasteiger partial charge < -0.3 is 9.47 Å². The van der Waals surface area contributed by atoms with Crippen molar-refractivity contribution >= 4 is 17.3 Å². The third kappa shape index (κ3) is 3.75. The molecule has 1 aromatic carbocycles. The number of aromatic nitrogens is 1. The van der Waals surface area contributed by atoms with Crippen molar-refractivity contribution in [3.8, 4) is 10.8 Å². The first-order valence-corrected chi connectivity index (χ1v) is 7.02. The van der Waals surface area contributed by atoms with Crippen LogP contribution < -0.4 is 4.74 Å². The van der Waals surface area contributed by atoms with Gasteiger partial charge in [-0.05, 0) is 19.1 Å². The van der Waals surface area contributed by atoms with E-state index in [1.54, 1.807) is 37.3 Å². The molecule has 21 heavy (non-hydrogen) atoms. The van der Waals surface area contributed by atoms with Gasteiger partial charge in [-0.1, -0.05) is 29.5 Å². The highest BCUT2D eigenvalue weighted by molar-refractivity contribution is 7.14. The van der Waals surface area contributed by atoms with Gasteiger partial charge >= 0.3 is 5.97 Å². The van der Waals surface area contributed by atoms with Crippen LogP contribution in [0.5, 0.6) is 10.8 Å². The van der Waals surface area contributed by atoms with Crippen molar-refractivity contribution in [2.24, 2.45) is 0 Å². The maximum atomic E-state index is 13.4. The fourth-order valence-electron chi connectivity index (χ4n) is 1.49. The van der Waals surface area contributed by atoms with Crippen LogP contribution in [0.2, 0.25) is 0 Å². The molecule has 1 heterocycles. The van der Waals surface area contributed by atoms with Gasteiger partial charge in [-0.15, -0.1) is 0 Å². The molecule has 0 spiro atoms. The van der Waals surface area contributed by atoms with Crippen molar-refractivity contribution in [1.82, 2.24) is 4.98 Å². The Hall–Kier alpha value is -2.02. The number of halogens is 2. The van der Waals surface area contributed by atoms with E-state index >= 15 is 0 Å². The minimum Gasteiger partial charge on any atom is -0.461 e.